The first-order valence-corrected chi connectivity index (χ1v) is 8.84. The van der Waals surface area contributed by atoms with Crippen molar-refractivity contribution in [3.05, 3.63) is 46.4 Å². The molecule has 1 aromatic carbocycles. The molecule has 0 bridgehead atoms. The molecular weight excluding hydrogens is 326 g/mol. The van der Waals surface area contributed by atoms with E-state index in [2.05, 4.69) is 9.71 Å². The van der Waals surface area contributed by atoms with Crippen LogP contribution < -0.4 is 10.5 Å². The number of rotatable bonds is 5. The zero-order chi connectivity index (χ0) is 15.7. The number of benzene rings is 1. The summed E-state index contributed by atoms with van der Waals surface area (Å²) in [7, 11) is -3.77. The Balaban J connectivity index is 2.42. The molecule has 2 rings (SSSR count). The predicted molar refractivity (Wildman–Crippen MR) is 87.8 cm³/mol. The second kappa shape index (κ2) is 5.80. The standard InChI is InChI=1S/C13H15N3O2S3/c1-13(2,12-15-7-8-20-12)16-21(17,18)10-6-4-3-5-9(10)11(14)19/h3-8,16H,1-2H3,(H2,14,19). The maximum absolute atomic E-state index is 12.6. The quantitative estimate of drug-likeness (QED) is 0.813. The maximum atomic E-state index is 12.6. The lowest BCUT2D eigenvalue weighted by Gasteiger charge is -2.24. The number of thiazole rings is 1. The van der Waals surface area contributed by atoms with E-state index in [1.807, 2.05) is 0 Å². The molecule has 0 unspecified atom stereocenters. The van der Waals surface area contributed by atoms with Gasteiger partial charge < -0.3 is 5.73 Å². The first-order valence-electron chi connectivity index (χ1n) is 6.07. The molecule has 0 aliphatic carbocycles. The Kier molecular flexibility index (Phi) is 4.43. The highest BCUT2D eigenvalue weighted by atomic mass is 32.2. The van der Waals surface area contributed by atoms with Gasteiger partial charge in [0.05, 0.1) is 10.4 Å². The lowest BCUT2D eigenvalue weighted by molar-refractivity contribution is 0.470. The highest BCUT2D eigenvalue weighted by Crippen LogP contribution is 2.25. The van der Waals surface area contributed by atoms with Crippen LogP contribution in [0.3, 0.4) is 0 Å². The molecule has 0 radical (unpaired) electrons. The van der Waals surface area contributed by atoms with Crippen molar-refractivity contribution in [3.63, 3.8) is 0 Å². The van der Waals surface area contributed by atoms with E-state index in [9.17, 15) is 8.42 Å². The normalized spacial score (nSPS) is 12.3. The molecule has 0 aliphatic rings. The SMILES string of the molecule is CC(C)(NS(=O)(=O)c1ccccc1C(N)=S)c1nccs1. The first-order chi connectivity index (χ1) is 9.74. The van der Waals surface area contributed by atoms with Crippen molar-refractivity contribution in [1.29, 1.82) is 0 Å². The van der Waals surface area contributed by atoms with E-state index < -0.39 is 15.6 Å². The van der Waals surface area contributed by atoms with E-state index in [-0.39, 0.29) is 9.88 Å². The maximum Gasteiger partial charge on any atom is 0.242 e. The lowest BCUT2D eigenvalue weighted by atomic mass is 10.1. The van der Waals surface area contributed by atoms with E-state index in [1.165, 1.54) is 17.4 Å². The number of nitrogens with one attached hydrogen (secondary N) is 1. The van der Waals surface area contributed by atoms with Crippen LogP contribution >= 0.6 is 23.6 Å². The Hall–Kier alpha value is -1.35. The summed E-state index contributed by atoms with van der Waals surface area (Å²) in [4.78, 5) is 4.28. The van der Waals surface area contributed by atoms with Gasteiger partial charge >= 0.3 is 0 Å². The molecule has 21 heavy (non-hydrogen) atoms. The summed E-state index contributed by atoms with van der Waals surface area (Å²) in [6, 6.07) is 6.40. The van der Waals surface area contributed by atoms with Crippen LogP contribution in [0, 0.1) is 0 Å². The fourth-order valence-corrected chi connectivity index (χ4v) is 4.50. The molecule has 0 saturated carbocycles. The Labute approximate surface area is 133 Å². The van der Waals surface area contributed by atoms with Gasteiger partial charge in [-0.25, -0.2) is 13.4 Å². The molecule has 3 N–H and O–H groups in total. The van der Waals surface area contributed by atoms with Crippen molar-refractivity contribution >= 4 is 38.6 Å². The Morgan fingerprint density at radius 2 is 2.05 bits per heavy atom. The number of aromatic nitrogens is 1. The van der Waals surface area contributed by atoms with Gasteiger partial charge in [-0.1, -0.05) is 30.4 Å². The molecule has 1 heterocycles. The highest BCUT2D eigenvalue weighted by Gasteiger charge is 2.31. The monoisotopic (exact) mass is 341 g/mol. The molecule has 8 heteroatoms. The lowest BCUT2D eigenvalue weighted by Crippen LogP contribution is -2.41. The van der Waals surface area contributed by atoms with Gasteiger partial charge in [0.15, 0.2) is 0 Å². The molecule has 5 nitrogen and oxygen atoms in total. The van der Waals surface area contributed by atoms with Crippen LogP contribution in [0.2, 0.25) is 0 Å². The first kappa shape index (κ1) is 16.0. The number of nitrogens with two attached hydrogens (primary N) is 1. The molecule has 0 spiro atoms. The molecule has 1 aromatic heterocycles. The van der Waals surface area contributed by atoms with Crippen LogP contribution in [0.15, 0.2) is 40.7 Å². The predicted octanol–water partition coefficient (Wildman–Crippen LogP) is 1.99. The summed E-state index contributed by atoms with van der Waals surface area (Å²) in [6.45, 7) is 3.51. The summed E-state index contributed by atoms with van der Waals surface area (Å²) in [6.07, 6.45) is 1.64. The molecule has 0 atom stereocenters. The van der Waals surface area contributed by atoms with Crippen LogP contribution in [-0.2, 0) is 15.6 Å². The summed E-state index contributed by atoms with van der Waals surface area (Å²) >= 11 is 6.30. The summed E-state index contributed by atoms with van der Waals surface area (Å²) in [5.41, 5.74) is 5.10. The van der Waals surface area contributed by atoms with E-state index in [0.29, 0.717) is 10.6 Å². The molecule has 2 aromatic rings. The minimum atomic E-state index is -3.77. The van der Waals surface area contributed by atoms with Gasteiger partial charge in [-0.05, 0) is 19.9 Å². The van der Waals surface area contributed by atoms with Crippen molar-refractivity contribution in [1.82, 2.24) is 9.71 Å². The van der Waals surface area contributed by atoms with Gasteiger partial charge in [-0.15, -0.1) is 11.3 Å². The molecular formula is C13H15N3O2S3. The van der Waals surface area contributed by atoms with E-state index in [4.69, 9.17) is 18.0 Å². The van der Waals surface area contributed by atoms with Crippen LogP contribution in [0.1, 0.15) is 24.4 Å². The number of hydrogen-bond donors (Lipinski definition) is 2. The van der Waals surface area contributed by atoms with Gasteiger partial charge in [0.25, 0.3) is 0 Å². The van der Waals surface area contributed by atoms with Gasteiger partial charge in [-0.3, -0.25) is 0 Å². The van der Waals surface area contributed by atoms with Gasteiger partial charge in [-0.2, -0.15) is 4.72 Å². The third-order valence-electron chi connectivity index (χ3n) is 2.80. The molecule has 0 amide bonds. The molecule has 0 aliphatic heterocycles. The number of hydrogen-bond acceptors (Lipinski definition) is 5. The minimum absolute atomic E-state index is 0.0445. The Morgan fingerprint density at radius 3 is 2.62 bits per heavy atom. The van der Waals surface area contributed by atoms with Crippen LogP contribution in [0.4, 0.5) is 0 Å². The summed E-state index contributed by atoms with van der Waals surface area (Å²) in [5, 5.41) is 2.48. The van der Waals surface area contributed by atoms with Crippen molar-refractivity contribution in [2.75, 3.05) is 0 Å². The largest absolute Gasteiger partial charge is 0.389 e. The number of sulfonamides is 1. The van der Waals surface area contributed by atoms with Crippen LogP contribution in [0.5, 0.6) is 0 Å². The number of thiocarbonyl (C=S) groups is 1. The zero-order valence-electron chi connectivity index (χ0n) is 11.5. The second-order valence-electron chi connectivity index (χ2n) is 4.93. The smallest absolute Gasteiger partial charge is 0.242 e. The van der Waals surface area contributed by atoms with Gasteiger partial charge in [0.2, 0.25) is 10.0 Å². The van der Waals surface area contributed by atoms with Crippen molar-refractivity contribution in [2.45, 2.75) is 24.3 Å². The Morgan fingerprint density at radius 1 is 1.38 bits per heavy atom. The van der Waals surface area contributed by atoms with E-state index in [0.717, 1.165) is 0 Å². The summed E-state index contributed by atoms with van der Waals surface area (Å²) in [5.74, 6) is 0. The topological polar surface area (TPSA) is 85.1 Å². The van der Waals surface area contributed by atoms with Crippen molar-refractivity contribution in [2.24, 2.45) is 5.73 Å². The molecule has 0 saturated heterocycles. The molecule has 0 fully saturated rings. The minimum Gasteiger partial charge on any atom is -0.389 e. The third kappa shape index (κ3) is 3.46. The van der Waals surface area contributed by atoms with E-state index >= 15 is 0 Å². The van der Waals surface area contributed by atoms with E-state index in [1.54, 1.807) is 43.6 Å². The average Bonchev–Trinajstić information content (AvgIpc) is 2.92. The Bertz CT molecular complexity index is 753. The van der Waals surface area contributed by atoms with Crippen LogP contribution in [-0.4, -0.2) is 18.4 Å². The second-order valence-corrected chi connectivity index (χ2v) is 7.91. The highest BCUT2D eigenvalue weighted by molar-refractivity contribution is 7.89. The summed E-state index contributed by atoms with van der Waals surface area (Å²) < 4.78 is 27.9. The van der Waals surface area contributed by atoms with Gasteiger partial charge in [0, 0.05) is 17.1 Å². The zero-order valence-corrected chi connectivity index (χ0v) is 14.0. The molecule has 112 valence electrons. The van der Waals surface area contributed by atoms with Gasteiger partial charge in [0.1, 0.15) is 10.00 Å². The fraction of sp³-hybridized carbons (Fsp3) is 0.231. The van der Waals surface area contributed by atoms with Crippen molar-refractivity contribution < 1.29 is 8.42 Å². The third-order valence-corrected chi connectivity index (χ3v) is 5.83. The van der Waals surface area contributed by atoms with Crippen molar-refractivity contribution in [3.8, 4) is 0 Å². The number of nitrogens with zero attached hydrogens (tertiary/aromatic N) is 1. The van der Waals surface area contributed by atoms with Crippen LogP contribution in [0.25, 0.3) is 0 Å². The average molecular weight is 341 g/mol. The fourth-order valence-electron chi connectivity index (χ4n) is 1.87.